The van der Waals surface area contributed by atoms with Crippen molar-refractivity contribution in [3.63, 3.8) is 0 Å². The molecule has 6 heteroatoms. The molecule has 0 bridgehead atoms. The van der Waals surface area contributed by atoms with Crippen LogP contribution in [-0.4, -0.2) is 23.3 Å². The van der Waals surface area contributed by atoms with Crippen molar-refractivity contribution in [2.45, 2.75) is 45.7 Å². The maximum absolute atomic E-state index is 12.6. The summed E-state index contributed by atoms with van der Waals surface area (Å²) in [6, 6.07) is 8.20. The standard InChI is InChI=1S/C18H24N2O2S2/c1-15(21)19-10-4-2-3-9-18(22)20(13-16-7-5-11-23-16)14-17-8-6-12-24-17/h5-8,11-12H,2-4,9-10,13-14H2,1H3,(H,19,21). The van der Waals surface area contributed by atoms with Crippen molar-refractivity contribution in [2.24, 2.45) is 0 Å². The van der Waals surface area contributed by atoms with Crippen molar-refractivity contribution < 1.29 is 9.59 Å². The van der Waals surface area contributed by atoms with Crippen LogP contribution in [0.25, 0.3) is 0 Å². The maximum Gasteiger partial charge on any atom is 0.223 e. The number of unbranched alkanes of at least 4 members (excludes halogenated alkanes) is 2. The van der Waals surface area contributed by atoms with E-state index in [0.29, 0.717) is 26.1 Å². The number of carbonyl (C=O) groups is 2. The van der Waals surface area contributed by atoms with Gasteiger partial charge in [0.25, 0.3) is 0 Å². The predicted molar refractivity (Wildman–Crippen MR) is 100 cm³/mol. The Morgan fingerprint density at radius 2 is 1.62 bits per heavy atom. The molecule has 2 amide bonds. The van der Waals surface area contributed by atoms with Crippen LogP contribution >= 0.6 is 22.7 Å². The topological polar surface area (TPSA) is 49.4 Å². The van der Waals surface area contributed by atoms with Crippen molar-refractivity contribution in [1.29, 1.82) is 0 Å². The highest BCUT2D eigenvalue weighted by atomic mass is 32.1. The van der Waals surface area contributed by atoms with Crippen LogP contribution in [0.15, 0.2) is 35.0 Å². The Hall–Kier alpha value is -1.66. The zero-order chi connectivity index (χ0) is 17.2. The van der Waals surface area contributed by atoms with Crippen LogP contribution < -0.4 is 5.32 Å². The van der Waals surface area contributed by atoms with Gasteiger partial charge in [-0.3, -0.25) is 9.59 Å². The normalized spacial score (nSPS) is 10.5. The molecule has 0 atom stereocenters. The van der Waals surface area contributed by atoms with Gasteiger partial charge in [0.05, 0.1) is 13.1 Å². The lowest BCUT2D eigenvalue weighted by molar-refractivity contribution is -0.132. The molecule has 0 radical (unpaired) electrons. The lowest BCUT2D eigenvalue weighted by Crippen LogP contribution is -2.29. The van der Waals surface area contributed by atoms with Crippen molar-refractivity contribution in [1.82, 2.24) is 10.2 Å². The van der Waals surface area contributed by atoms with Crippen molar-refractivity contribution in [2.75, 3.05) is 6.54 Å². The van der Waals surface area contributed by atoms with E-state index in [4.69, 9.17) is 0 Å². The van der Waals surface area contributed by atoms with Gasteiger partial charge in [-0.1, -0.05) is 18.6 Å². The minimum Gasteiger partial charge on any atom is -0.356 e. The molecule has 130 valence electrons. The van der Waals surface area contributed by atoms with Gasteiger partial charge >= 0.3 is 0 Å². The average Bonchev–Trinajstić information content (AvgIpc) is 3.23. The average molecular weight is 365 g/mol. The van der Waals surface area contributed by atoms with E-state index in [2.05, 4.69) is 17.4 Å². The van der Waals surface area contributed by atoms with Crippen LogP contribution in [0.2, 0.25) is 0 Å². The first-order valence-corrected chi connectivity index (χ1v) is 9.98. The van der Waals surface area contributed by atoms with Gasteiger partial charge in [-0.15, -0.1) is 22.7 Å². The molecule has 0 aromatic carbocycles. The van der Waals surface area contributed by atoms with Gasteiger partial charge in [0.1, 0.15) is 0 Å². The molecule has 2 heterocycles. The van der Waals surface area contributed by atoms with E-state index in [-0.39, 0.29) is 11.8 Å². The van der Waals surface area contributed by atoms with E-state index in [1.807, 2.05) is 27.8 Å². The molecular formula is C18H24N2O2S2. The Morgan fingerprint density at radius 3 is 2.12 bits per heavy atom. The van der Waals surface area contributed by atoms with Gasteiger partial charge < -0.3 is 10.2 Å². The summed E-state index contributed by atoms with van der Waals surface area (Å²) in [6.07, 6.45) is 3.31. The second-order valence-electron chi connectivity index (χ2n) is 5.70. The zero-order valence-corrected chi connectivity index (χ0v) is 15.6. The van der Waals surface area contributed by atoms with Crippen LogP contribution in [0.4, 0.5) is 0 Å². The molecular weight excluding hydrogens is 340 g/mol. The van der Waals surface area contributed by atoms with Crippen LogP contribution in [0.1, 0.15) is 42.4 Å². The van der Waals surface area contributed by atoms with Gasteiger partial charge in [-0.05, 0) is 35.7 Å². The third-order valence-electron chi connectivity index (χ3n) is 3.65. The lowest BCUT2D eigenvalue weighted by atomic mass is 10.1. The van der Waals surface area contributed by atoms with Crippen molar-refractivity contribution in [3.05, 3.63) is 44.8 Å². The van der Waals surface area contributed by atoms with Crippen LogP contribution in [0.5, 0.6) is 0 Å². The largest absolute Gasteiger partial charge is 0.356 e. The summed E-state index contributed by atoms with van der Waals surface area (Å²) in [6.45, 7) is 3.58. The van der Waals surface area contributed by atoms with Crippen molar-refractivity contribution >= 4 is 34.5 Å². The van der Waals surface area contributed by atoms with Crippen molar-refractivity contribution in [3.8, 4) is 0 Å². The van der Waals surface area contributed by atoms with Gasteiger partial charge in [0.15, 0.2) is 0 Å². The summed E-state index contributed by atoms with van der Waals surface area (Å²) < 4.78 is 0. The van der Waals surface area contributed by atoms with Crippen LogP contribution in [0, 0.1) is 0 Å². The molecule has 4 nitrogen and oxygen atoms in total. The summed E-state index contributed by atoms with van der Waals surface area (Å²) in [4.78, 5) is 27.8. The molecule has 0 aliphatic carbocycles. The Bertz CT molecular complexity index is 573. The summed E-state index contributed by atoms with van der Waals surface area (Å²) in [5.74, 6) is 0.209. The molecule has 0 saturated heterocycles. The summed E-state index contributed by atoms with van der Waals surface area (Å²) in [5.41, 5.74) is 0. The quantitative estimate of drug-likeness (QED) is 0.647. The fraction of sp³-hybridized carbons (Fsp3) is 0.444. The number of hydrogen-bond acceptors (Lipinski definition) is 4. The molecule has 24 heavy (non-hydrogen) atoms. The number of carbonyl (C=O) groups excluding carboxylic acids is 2. The van der Waals surface area contributed by atoms with E-state index in [1.165, 1.54) is 16.7 Å². The van der Waals surface area contributed by atoms with Gasteiger partial charge in [-0.25, -0.2) is 0 Å². The summed E-state index contributed by atoms with van der Waals surface area (Å²) >= 11 is 3.38. The Kier molecular flexibility index (Phi) is 7.98. The molecule has 2 aromatic rings. The maximum atomic E-state index is 12.6. The minimum atomic E-state index is 0.00384. The minimum absolute atomic E-state index is 0.00384. The monoisotopic (exact) mass is 364 g/mol. The van der Waals surface area contributed by atoms with E-state index >= 15 is 0 Å². The van der Waals surface area contributed by atoms with Gasteiger partial charge in [0.2, 0.25) is 11.8 Å². The fourth-order valence-corrected chi connectivity index (χ4v) is 3.85. The van der Waals surface area contributed by atoms with Gasteiger partial charge in [0, 0.05) is 29.6 Å². The molecule has 0 unspecified atom stereocenters. The number of nitrogens with one attached hydrogen (secondary N) is 1. The molecule has 0 aliphatic heterocycles. The summed E-state index contributed by atoms with van der Waals surface area (Å²) in [5, 5.41) is 6.88. The third kappa shape index (κ3) is 6.84. The highest BCUT2D eigenvalue weighted by Crippen LogP contribution is 2.18. The van der Waals surface area contributed by atoms with E-state index in [0.717, 1.165) is 19.3 Å². The fourth-order valence-electron chi connectivity index (χ4n) is 2.41. The molecule has 1 N–H and O–H groups in total. The third-order valence-corrected chi connectivity index (χ3v) is 5.37. The first-order valence-electron chi connectivity index (χ1n) is 8.22. The molecule has 0 fully saturated rings. The number of nitrogens with zero attached hydrogens (tertiary/aromatic N) is 1. The highest BCUT2D eigenvalue weighted by Gasteiger charge is 2.15. The Labute approximate surface area is 151 Å². The van der Waals surface area contributed by atoms with Crippen LogP contribution in [0.3, 0.4) is 0 Å². The Balaban J connectivity index is 1.79. The van der Waals surface area contributed by atoms with E-state index in [1.54, 1.807) is 22.7 Å². The SMILES string of the molecule is CC(=O)NCCCCCC(=O)N(Cc1cccs1)Cc1cccs1. The smallest absolute Gasteiger partial charge is 0.223 e. The van der Waals surface area contributed by atoms with Gasteiger partial charge in [-0.2, -0.15) is 0 Å². The number of thiophene rings is 2. The zero-order valence-electron chi connectivity index (χ0n) is 14.0. The van der Waals surface area contributed by atoms with E-state index < -0.39 is 0 Å². The molecule has 0 spiro atoms. The lowest BCUT2D eigenvalue weighted by Gasteiger charge is -2.21. The summed E-state index contributed by atoms with van der Waals surface area (Å²) in [7, 11) is 0. The van der Waals surface area contributed by atoms with Crippen LogP contribution in [-0.2, 0) is 22.7 Å². The number of amides is 2. The number of hydrogen-bond donors (Lipinski definition) is 1. The highest BCUT2D eigenvalue weighted by molar-refractivity contribution is 7.10. The molecule has 2 rings (SSSR count). The second kappa shape index (κ2) is 10.3. The second-order valence-corrected chi connectivity index (χ2v) is 7.77. The molecule has 0 aliphatic rings. The molecule has 2 aromatic heterocycles. The molecule has 0 saturated carbocycles. The number of rotatable bonds is 10. The first-order chi connectivity index (χ1) is 11.6. The van der Waals surface area contributed by atoms with E-state index in [9.17, 15) is 9.59 Å². The first kappa shape index (κ1) is 18.7. The predicted octanol–water partition coefficient (Wildman–Crippen LogP) is 4.03. The Morgan fingerprint density at radius 1 is 1.00 bits per heavy atom.